The number of aryl methyl sites for hydroxylation is 1. The Morgan fingerprint density at radius 3 is 2.84 bits per heavy atom. The minimum Gasteiger partial charge on any atom is -0.383 e. The normalized spacial score (nSPS) is 22.6. The van der Waals surface area contributed by atoms with E-state index in [9.17, 15) is 14.0 Å². The molecule has 2 heterocycles. The molecule has 1 unspecified atom stereocenters. The summed E-state index contributed by atoms with van der Waals surface area (Å²) in [6.07, 6.45) is 3.83. The highest BCUT2D eigenvalue weighted by Gasteiger charge is 2.36. The van der Waals surface area contributed by atoms with E-state index in [1.165, 1.54) is 12.1 Å². The molecule has 1 aromatic carbocycles. The predicted octanol–water partition coefficient (Wildman–Crippen LogP) is 1.78. The number of halogens is 1. The number of anilines is 1. The van der Waals surface area contributed by atoms with Gasteiger partial charge in [-0.3, -0.25) is 9.59 Å². The third kappa shape index (κ3) is 4.00. The van der Waals surface area contributed by atoms with Gasteiger partial charge in [-0.05, 0) is 55.0 Å². The molecule has 0 saturated carbocycles. The monoisotopic (exact) mass is 441 g/mol. The summed E-state index contributed by atoms with van der Waals surface area (Å²) in [5.41, 5.74) is 14.8. The number of primary amides is 1. The van der Waals surface area contributed by atoms with Gasteiger partial charge in [-0.2, -0.15) is 5.10 Å². The van der Waals surface area contributed by atoms with Crippen LogP contribution >= 0.6 is 0 Å². The van der Waals surface area contributed by atoms with Gasteiger partial charge in [0.15, 0.2) is 0 Å². The first-order valence-electron chi connectivity index (χ1n) is 10.7. The number of nitrogen functional groups attached to an aromatic ring is 1. The fraction of sp³-hybridized carbons (Fsp3) is 0.435. The topological polar surface area (TPSA) is 116 Å². The zero-order chi connectivity index (χ0) is 23.0. The predicted molar refractivity (Wildman–Crippen MR) is 117 cm³/mol. The number of amides is 2. The first kappa shape index (κ1) is 22.0. The van der Waals surface area contributed by atoms with Crippen molar-refractivity contribution in [3.8, 4) is 0 Å². The maximum atomic E-state index is 13.6. The minimum atomic E-state index is -0.631. The average Bonchev–Trinajstić information content (AvgIpc) is 3.34. The Kier molecular flexibility index (Phi) is 6.01. The lowest BCUT2D eigenvalue weighted by molar-refractivity contribution is -0.127. The van der Waals surface area contributed by atoms with Crippen LogP contribution < -0.4 is 11.5 Å². The number of methoxy groups -OCH3 is 1. The van der Waals surface area contributed by atoms with Crippen LogP contribution in [0, 0.1) is 5.82 Å². The van der Waals surface area contributed by atoms with E-state index >= 15 is 0 Å². The Bertz CT molecular complexity index is 1070. The van der Waals surface area contributed by atoms with Crippen molar-refractivity contribution in [3.05, 3.63) is 59.1 Å². The van der Waals surface area contributed by atoms with Crippen molar-refractivity contribution >= 4 is 17.6 Å². The standard InChI is InChI=1S/C23H28FN5O3/c1-3-19(30)28-12-18(32-2)10-17(28)11-29-22(25)20(23(26)31)21(27-29)15-5-4-14-9-16(24)7-6-13(14)8-15/h3,6-7,9,15,17-18H,1,4-5,8,10-12,25H2,2H3,(H2,26,31)/t15?,17-,18-/m0/s1. The number of carbonyl (C=O) groups excluding carboxylic acids is 2. The molecule has 0 spiro atoms. The molecule has 2 amide bonds. The summed E-state index contributed by atoms with van der Waals surface area (Å²) in [7, 11) is 1.61. The van der Waals surface area contributed by atoms with Gasteiger partial charge in [0.2, 0.25) is 5.91 Å². The summed E-state index contributed by atoms with van der Waals surface area (Å²) in [5, 5.41) is 4.69. The van der Waals surface area contributed by atoms with Crippen LogP contribution in [0.2, 0.25) is 0 Å². The average molecular weight is 442 g/mol. The van der Waals surface area contributed by atoms with E-state index in [0.717, 1.165) is 11.1 Å². The number of benzene rings is 1. The SMILES string of the molecule is C=CC(=O)N1C[C@@H](OC)C[C@H]1Cn1nc(C2CCc3cc(F)ccc3C2)c(C(N)=O)c1N. The molecule has 0 radical (unpaired) electrons. The van der Waals surface area contributed by atoms with E-state index in [-0.39, 0.29) is 41.2 Å². The molecule has 1 fully saturated rings. The number of nitrogens with zero attached hydrogens (tertiary/aromatic N) is 3. The highest BCUT2D eigenvalue weighted by atomic mass is 19.1. The zero-order valence-corrected chi connectivity index (χ0v) is 18.1. The van der Waals surface area contributed by atoms with Crippen LogP contribution in [0.1, 0.15) is 45.9 Å². The molecule has 2 aliphatic rings. The highest BCUT2D eigenvalue weighted by molar-refractivity contribution is 5.98. The zero-order valence-electron chi connectivity index (χ0n) is 18.1. The molecule has 8 nitrogen and oxygen atoms in total. The van der Waals surface area contributed by atoms with Crippen molar-refractivity contribution in [2.45, 2.75) is 50.3 Å². The lowest BCUT2D eigenvalue weighted by Crippen LogP contribution is -2.37. The van der Waals surface area contributed by atoms with Crippen LogP contribution in [0.15, 0.2) is 30.9 Å². The molecule has 32 heavy (non-hydrogen) atoms. The molecular formula is C23H28FN5O3. The summed E-state index contributed by atoms with van der Waals surface area (Å²) >= 11 is 0. The van der Waals surface area contributed by atoms with E-state index in [1.54, 1.807) is 28.8 Å². The van der Waals surface area contributed by atoms with Crippen LogP contribution in [-0.4, -0.2) is 52.3 Å². The number of nitrogens with two attached hydrogens (primary N) is 2. The number of aromatic nitrogens is 2. The van der Waals surface area contributed by atoms with Gasteiger partial charge >= 0.3 is 0 Å². The number of hydrogen-bond acceptors (Lipinski definition) is 5. The molecule has 4 N–H and O–H groups in total. The molecule has 4 rings (SSSR count). The number of rotatable bonds is 6. The van der Waals surface area contributed by atoms with Crippen LogP contribution in [0.25, 0.3) is 0 Å². The molecule has 2 aromatic rings. The summed E-state index contributed by atoms with van der Waals surface area (Å²) in [4.78, 5) is 26.3. The van der Waals surface area contributed by atoms with E-state index in [2.05, 4.69) is 6.58 Å². The molecule has 1 aliphatic heterocycles. The van der Waals surface area contributed by atoms with E-state index in [0.29, 0.717) is 44.5 Å². The Hall–Kier alpha value is -3.20. The molecule has 1 aromatic heterocycles. The maximum absolute atomic E-state index is 13.6. The maximum Gasteiger partial charge on any atom is 0.254 e. The molecule has 3 atom stereocenters. The Balaban J connectivity index is 1.63. The summed E-state index contributed by atoms with van der Waals surface area (Å²) in [6, 6.07) is 4.59. The largest absolute Gasteiger partial charge is 0.383 e. The minimum absolute atomic E-state index is 0.0553. The van der Waals surface area contributed by atoms with Crippen molar-refractivity contribution in [1.82, 2.24) is 14.7 Å². The Morgan fingerprint density at radius 1 is 1.38 bits per heavy atom. The second-order valence-electron chi connectivity index (χ2n) is 8.49. The van der Waals surface area contributed by atoms with Gasteiger partial charge in [-0.15, -0.1) is 0 Å². The van der Waals surface area contributed by atoms with Crippen molar-refractivity contribution < 1.29 is 18.7 Å². The third-order valence-electron chi connectivity index (χ3n) is 6.60. The molecule has 9 heteroatoms. The first-order chi connectivity index (χ1) is 15.3. The van der Waals surface area contributed by atoms with Crippen molar-refractivity contribution in [2.24, 2.45) is 5.73 Å². The number of likely N-dealkylation sites (tertiary alicyclic amines) is 1. The number of ether oxygens (including phenoxy) is 1. The lowest BCUT2D eigenvalue weighted by atomic mass is 9.81. The fourth-order valence-electron chi connectivity index (χ4n) is 4.93. The van der Waals surface area contributed by atoms with Crippen LogP contribution in [-0.2, 0) is 28.9 Å². The summed E-state index contributed by atoms with van der Waals surface area (Å²) in [5.74, 6) is -0.928. The third-order valence-corrected chi connectivity index (χ3v) is 6.60. The highest BCUT2D eigenvalue weighted by Crippen LogP contribution is 2.36. The van der Waals surface area contributed by atoms with Crippen LogP contribution in [0.4, 0.5) is 10.2 Å². The van der Waals surface area contributed by atoms with E-state index in [1.807, 2.05) is 0 Å². The molecule has 0 bridgehead atoms. The van der Waals surface area contributed by atoms with Gasteiger partial charge in [-0.1, -0.05) is 12.6 Å². The quantitative estimate of drug-likeness (QED) is 0.663. The lowest BCUT2D eigenvalue weighted by Gasteiger charge is -2.24. The summed E-state index contributed by atoms with van der Waals surface area (Å²) in [6.45, 7) is 4.35. The van der Waals surface area contributed by atoms with Gasteiger partial charge < -0.3 is 21.1 Å². The van der Waals surface area contributed by atoms with E-state index in [4.69, 9.17) is 21.3 Å². The summed E-state index contributed by atoms with van der Waals surface area (Å²) < 4.78 is 20.6. The van der Waals surface area contributed by atoms with Gasteiger partial charge in [0.05, 0.1) is 24.4 Å². The Labute approximate surface area is 186 Å². The number of carbonyl (C=O) groups is 2. The molecule has 170 valence electrons. The number of hydrogen-bond donors (Lipinski definition) is 2. The second-order valence-corrected chi connectivity index (χ2v) is 8.49. The van der Waals surface area contributed by atoms with Gasteiger partial charge in [0.1, 0.15) is 17.2 Å². The van der Waals surface area contributed by atoms with Crippen LogP contribution in [0.3, 0.4) is 0 Å². The van der Waals surface area contributed by atoms with Gasteiger partial charge in [0, 0.05) is 19.6 Å². The number of fused-ring (bicyclic) bond motifs is 1. The van der Waals surface area contributed by atoms with Crippen molar-refractivity contribution in [3.63, 3.8) is 0 Å². The van der Waals surface area contributed by atoms with Crippen LogP contribution in [0.5, 0.6) is 0 Å². The van der Waals surface area contributed by atoms with Crippen molar-refractivity contribution in [2.75, 3.05) is 19.4 Å². The van der Waals surface area contributed by atoms with Gasteiger partial charge in [-0.25, -0.2) is 9.07 Å². The smallest absolute Gasteiger partial charge is 0.254 e. The van der Waals surface area contributed by atoms with Gasteiger partial charge in [0.25, 0.3) is 5.91 Å². The first-order valence-corrected chi connectivity index (χ1v) is 10.7. The fourth-order valence-corrected chi connectivity index (χ4v) is 4.93. The Morgan fingerprint density at radius 2 is 2.16 bits per heavy atom. The second kappa shape index (κ2) is 8.74. The molecule has 1 aliphatic carbocycles. The van der Waals surface area contributed by atoms with E-state index < -0.39 is 5.91 Å². The van der Waals surface area contributed by atoms with Crippen molar-refractivity contribution in [1.29, 1.82) is 0 Å². The molecular weight excluding hydrogens is 413 g/mol. The molecule has 1 saturated heterocycles.